The lowest BCUT2D eigenvalue weighted by atomic mass is 9.97. The Balaban J connectivity index is 2.87. The summed E-state index contributed by atoms with van der Waals surface area (Å²) in [6.45, 7) is 4.33. The van der Waals surface area contributed by atoms with Crippen LogP contribution < -0.4 is 5.32 Å². The molecule has 13 heavy (non-hydrogen) atoms. The van der Waals surface area contributed by atoms with Crippen molar-refractivity contribution in [3.8, 4) is 0 Å². The molecule has 0 saturated carbocycles. The number of carboxylic acid groups (broad SMARTS) is 1. The van der Waals surface area contributed by atoms with E-state index >= 15 is 0 Å². The normalized spacial score (nSPS) is 21.1. The van der Waals surface area contributed by atoms with E-state index in [1.807, 2.05) is 0 Å². The maximum Gasteiger partial charge on any atom is 0.329 e. The summed E-state index contributed by atoms with van der Waals surface area (Å²) in [6.07, 6.45) is 0.412. The SMILES string of the molecule is CCC(C)(C(=O)O)N1CCNC1=O. The Morgan fingerprint density at radius 1 is 1.77 bits per heavy atom. The average Bonchev–Trinajstić information content (AvgIpc) is 2.50. The lowest BCUT2D eigenvalue weighted by Crippen LogP contribution is -2.53. The summed E-state index contributed by atoms with van der Waals surface area (Å²) >= 11 is 0. The van der Waals surface area contributed by atoms with Crippen LogP contribution >= 0.6 is 0 Å². The average molecular weight is 186 g/mol. The summed E-state index contributed by atoms with van der Waals surface area (Å²) in [5.74, 6) is -0.952. The van der Waals surface area contributed by atoms with Crippen molar-refractivity contribution in [2.24, 2.45) is 0 Å². The number of nitrogens with zero attached hydrogens (tertiary/aromatic N) is 1. The number of aliphatic carboxylic acids is 1. The van der Waals surface area contributed by atoms with E-state index in [0.29, 0.717) is 19.5 Å². The van der Waals surface area contributed by atoms with E-state index < -0.39 is 11.5 Å². The summed E-state index contributed by atoms with van der Waals surface area (Å²) in [5, 5.41) is 11.6. The van der Waals surface area contributed by atoms with Crippen molar-refractivity contribution in [2.45, 2.75) is 25.8 Å². The van der Waals surface area contributed by atoms with Gasteiger partial charge in [0.15, 0.2) is 0 Å². The number of urea groups is 1. The first-order valence-corrected chi connectivity index (χ1v) is 4.31. The molecule has 1 heterocycles. The molecule has 0 spiro atoms. The van der Waals surface area contributed by atoms with Gasteiger partial charge in [0, 0.05) is 13.1 Å². The lowest BCUT2D eigenvalue weighted by Gasteiger charge is -2.32. The second-order valence-electron chi connectivity index (χ2n) is 3.32. The number of carbonyl (C=O) groups is 2. The van der Waals surface area contributed by atoms with E-state index in [2.05, 4.69) is 5.32 Å². The molecule has 74 valence electrons. The van der Waals surface area contributed by atoms with Crippen LogP contribution in [0.25, 0.3) is 0 Å². The first-order chi connectivity index (χ1) is 6.02. The Bertz CT molecular complexity index is 240. The summed E-state index contributed by atoms with van der Waals surface area (Å²) in [6, 6.07) is -0.285. The Labute approximate surface area is 76.7 Å². The van der Waals surface area contributed by atoms with Crippen molar-refractivity contribution in [3.05, 3.63) is 0 Å². The third kappa shape index (κ3) is 1.46. The van der Waals surface area contributed by atoms with Crippen LogP contribution in [-0.2, 0) is 4.79 Å². The second-order valence-corrected chi connectivity index (χ2v) is 3.32. The summed E-state index contributed by atoms with van der Waals surface area (Å²) in [5.41, 5.74) is -1.07. The van der Waals surface area contributed by atoms with Crippen molar-refractivity contribution >= 4 is 12.0 Å². The van der Waals surface area contributed by atoms with Crippen molar-refractivity contribution < 1.29 is 14.7 Å². The Morgan fingerprint density at radius 2 is 2.38 bits per heavy atom. The standard InChI is InChI=1S/C8H14N2O3/c1-3-8(2,6(11)12)10-5-4-9-7(10)13/h3-5H2,1-2H3,(H,9,13)(H,11,12). The maximum absolute atomic E-state index is 11.2. The van der Waals surface area contributed by atoms with Gasteiger partial charge in [0.2, 0.25) is 0 Å². The molecule has 0 radical (unpaired) electrons. The fourth-order valence-corrected chi connectivity index (χ4v) is 1.40. The molecular formula is C8H14N2O3. The molecule has 0 aliphatic carbocycles. The number of amides is 2. The molecule has 1 atom stereocenters. The predicted octanol–water partition coefficient (Wildman–Crippen LogP) is 0.265. The quantitative estimate of drug-likeness (QED) is 0.664. The first kappa shape index (κ1) is 9.83. The van der Waals surface area contributed by atoms with Crippen molar-refractivity contribution in [3.63, 3.8) is 0 Å². The molecule has 5 nitrogen and oxygen atoms in total. The molecule has 1 saturated heterocycles. The zero-order valence-corrected chi connectivity index (χ0v) is 7.83. The van der Waals surface area contributed by atoms with Crippen molar-refractivity contribution in [1.29, 1.82) is 0 Å². The van der Waals surface area contributed by atoms with Crippen LogP contribution in [0, 0.1) is 0 Å². The molecule has 1 fully saturated rings. The number of nitrogens with one attached hydrogen (secondary N) is 1. The second kappa shape index (κ2) is 3.24. The van der Waals surface area contributed by atoms with Crippen LogP contribution in [0.5, 0.6) is 0 Å². The zero-order valence-electron chi connectivity index (χ0n) is 7.83. The van der Waals surface area contributed by atoms with Crippen LogP contribution in [0.1, 0.15) is 20.3 Å². The first-order valence-electron chi connectivity index (χ1n) is 4.31. The maximum atomic E-state index is 11.2. The smallest absolute Gasteiger partial charge is 0.329 e. The number of hydrogen-bond donors (Lipinski definition) is 2. The number of carboxylic acids is 1. The van der Waals surface area contributed by atoms with E-state index in [-0.39, 0.29) is 6.03 Å². The minimum Gasteiger partial charge on any atom is -0.480 e. The van der Waals surface area contributed by atoms with Crippen LogP contribution in [0.4, 0.5) is 4.79 Å². The molecule has 0 aromatic carbocycles. The van der Waals surface area contributed by atoms with Gasteiger partial charge in [-0.25, -0.2) is 9.59 Å². The fourth-order valence-electron chi connectivity index (χ4n) is 1.40. The summed E-state index contributed by atoms with van der Waals surface area (Å²) in [7, 11) is 0. The Kier molecular flexibility index (Phi) is 2.45. The van der Waals surface area contributed by atoms with Gasteiger partial charge < -0.3 is 15.3 Å². The van der Waals surface area contributed by atoms with Crippen molar-refractivity contribution in [1.82, 2.24) is 10.2 Å². The minimum atomic E-state index is -1.07. The largest absolute Gasteiger partial charge is 0.480 e. The number of hydrogen-bond acceptors (Lipinski definition) is 2. The monoisotopic (exact) mass is 186 g/mol. The minimum absolute atomic E-state index is 0.285. The van der Waals surface area contributed by atoms with E-state index in [9.17, 15) is 9.59 Å². The van der Waals surface area contributed by atoms with Gasteiger partial charge >= 0.3 is 12.0 Å². The molecule has 5 heteroatoms. The number of rotatable bonds is 3. The van der Waals surface area contributed by atoms with Crippen LogP contribution in [0.2, 0.25) is 0 Å². The molecule has 0 aromatic heterocycles. The van der Waals surface area contributed by atoms with E-state index in [1.165, 1.54) is 4.90 Å². The third-order valence-corrected chi connectivity index (χ3v) is 2.60. The highest BCUT2D eigenvalue weighted by Crippen LogP contribution is 2.21. The van der Waals surface area contributed by atoms with Gasteiger partial charge in [-0.1, -0.05) is 6.92 Å². The molecule has 1 aliphatic heterocycles. The van der Waals surface area contributed by atoms with Gasteiger partial charge in [0.25, 0.3) is 0 Å². The summed E-state index contributed by atoms with van der Waals surface area (Å²) < 4.78 is 0. The predicted molar refractivity (Wildman–Crippen MR) is 46.4 cm³/mol. The molecule has 0 bridgehead atoms. The Hall–Kier alpha value is -1.26. The molecule has 2 amide bonds. The highest BCUT2D eigenvalue weighted by atomic mass is 16.4. The molecule has 0 aromatic rings. The molecule has 1 rings (SSSR count). The van der Waals surface area contributed by atoms with Gasteiger partial charge in [0.05, 0.1) is 0 Å². The van der Waals surface area contributed by atoms with E-state index in [1.54, 1.807) is 13.8 Å². The van der Waals surface area contributed by atoms with Gasteiger partial charge in [-0.05, 0) is 13.3 Å². The van der Waals surface area contributed by atoms with Gasteiger partial charge in [0.1, 0.15) is 5.54 Å². The number of carbonyl (C=O) groups excluding carboxylic acids is 1. The Morgan fingerprint density at radius 3 is 2.69 bits per heavy atom. The van der Waals surface area contributed by atoms with E-state index in [0.717, 1.165) is 0 Å². The molecular weight excluding hydrogens is 172 g/mol. The highest BCUT2D eigenvalue weighted by Gasteiger charge is 2.42. The van der Waals surface area contributed by atoms with Gasteiger partial charge in [-0.15, -0.1) is 0 Å². The van der Waals surface area contributed by atoms with E-state index in [4.69, 9.17) is 5.11 Å². The zero-order chi connectivity index (χ0) is 10.1. The fraction of sp³-hybridized carbons (Fsp3) is 0.750. The van der Waals surface area contributed by atoms with Crippen molar-refractivity contribution in [2.75, 3.05) is 13.1 Å². The van der Waals surface area contributed by atoms with Gasteiger partial charge in [-0.3, -0.25) is 0 Å². The summed E-state index contributed by atoms with van der Waals surface area (Å²) in [4.78, 5) is 23.6. The third-order valence-electron chi connectivity index (χ3n) is 2.60. The highest BCUT2D eigenvalue weighted by molar-refractivity contribution is 5.86. The molecule has 1 aliphatic rings. The topological polar surface area (TPSA) is 69.6 Å². The molecule has 2 N–H and O–H groups in total. The van der Waals surface area contributed by atoms with Gasteiger partial charge in [-0.2, -0.15) is 0 Å². The lowest BCUT2D eigenvalue weighted by molar-refractivity contribution is -0.148. The van der Waals surface area contributed by atoms with Crippen LogP contribution in [0.15, 0.2) is 0 Å². The van der Waals surface area contributed by atoms with Crippen LogP contribution in [0.3, 0.4) is 0 Å². The molecule has 1 unspecified atom stereocenters. The van der Waals surface area contributed by atoms with Crippen LogP contribution in [-0.4, -0.2) is 40.6 Å².